The molecule has 0 unspecified atom stereocenters. The monoisotopic (exact) mass is 531 g/mol. The summed E-state index contributed by atoms with van der Waals surface area (Å²) in [5, 5.41) is 20.4. The summed E-state index contributed by atoms with van der Waals surface area (Å²) in [7, 11) is 0. The second-order valence-electron chi connectivity index (χ2n) is 9.07. The molecule has 0 amide bonds. The van der Waals surface area contributed by atoms with Crippen molar-refractivity contribution in [3.8, 4) is 0 Å². The summed E-state index contributed by atoms with van der Waals surface area (Å²) in [4.78, 5) is 13.5. The van der Waals surface area contributed by atoms with Gasteiger partial charge in [-0.3, -0.25) is 4.90 Å². The van der Waals surface area contributed by atoms with E-state index in [1.807, 2.05) is 13.0 Å². The highest BCUT2D eigenvalue weighted by Crippen LogP contribution is 2.39. The van der Waals surface area contributed by atoms with Crippen LogP contribution in [0.3, 0.4) is 0 Å². The minimum atomic E-state index is -0.975. The topological polar surface area (TPSA) is 70.0 Å². The van der Waals surface area contributed by atoms with Crippen LogP contribution >= 0.6 is 23.2 Å². The number of halogens is 3. The third-order valence-corrected chi connectivity index (χ3v) is 7.06. The highest BCUT2D eigenvalue weighted by molar-refractivity contribution is 6.34. The summed E-state index contributed by atoms with van der Waals surface area (Å²) in [5.41, 5.74) is 3.21. The van der Waals surface area contributed by atoms with Crippen LogP contribution in [0.25, 0.3) is 0 Å². The van der Waals surface area contributed by atoms with Crippen molar-refractivity contribution in [2.75, 3.05) is 13.2 Å². The second kappa shape index (κ2) is 11.7. The first-order valence-electron chi connectivity index (χ1n) is 11.8. The number of nitrogens with zero attached hydrogens (tertiary/aromatic N) is 1. The molecule has 1 heterocycles. The van der Waals surface area contributed by atoms with E-state index >= 15 is 4.39 Å². The molecule has 0 bridgehead atoms. The highest BCUT2D eigenvalue weighted by atomic mass is 35.5. The number of aryl methyl sites for hydroxylation is 1. The first-order chi connectivity index (χ1) is 17.3. The van der Waals surface area contributed by atoms with Crippen LogP contribution < -0.4 is 0 Å². The molecule has 3 atom stereocenters. The number of likely N-dealkylation sites (tertiary alicyclic amines) is 1. The minimum absolute atomic E-state index is 0.229. The molecular weight excluding hydrogens is 504 g/mol. The normalized spacial score (nSPS) is 19.2. The SMILES string of the molecule is Cc1cc(C(=O)O)ccc1CN1CCC[C@H](O[C@H](CO)c2cc(Cl)cc(Cl)c2)[C@@H]1c1ccccc1F. The number of ether oxygens (including phenoxy) is 1. The summed E-state index contributed by atoms with van der Waals surface area (Å²) < 4.78 is 21.6. The second-order valence-corrected chi connectivity index (χ2v) is 9.95. The molecule has 4 rings (SSSR count). The number of carboxylic acid groups (broad SMARTS) is 1. The molecule has 1 aliphatic heterocycles. The van der Waals surface area contributed by atoms with Crippen LogP contribution in [0.5, 0.6) is 0 Å². The third kappa shape index (κ3) is 6.07. The molecule has 0 spiro atoms. The zero-order valence-electron chi connectivity index (χ0n) is 19.8. The Kier molecular flexibility index (Phi) is 8.65. The van der Waals surface area contributed by atoms with Crippen molar-refractivity contribution in [2.24, 2.45) is 0 Å². The molecule has 0 aromatic heterocycles. The van der Waals surface area contributed by atoms with Gasteiger partial charge >= 0.3 is 5.97 Å². The maximum absolute atomic E-state index is 15.1. The third-order valence-electron chi connectivity index (χ3n) is 6.63. The molecule has 190 valence electrons. The molecule has 0 aliphatic carbocycles. The highest BCUT2D eigenvalue weighted by Gasteiger charge is 2.37. The number of hydrogen-bond donors (Lipinski definition) is 2. The number of benzene rings is 3. The first-order valence-corrected chi connectivity index (χ1v) is 12.6. The molecule has 0 saturated carbocycles. The fourth-order valence-corrected chi connectivity index (χ4v) is 5.43. The van der Waals surface area contributed by atoms with E-state index in [-0.39, 0.29) is 18.0 Å². The Morgan fingerprint density at radius 3 is 2.50 bits per heavy atom. The van der Waals surface area contributed by atoms with E-state index in [4.69, 9.17) is 27.9 Å². The van der Waals surface area contributed by atoms with Crippen molar-refractivity contribution in [3.05, 3.63) is 104 Å². The number of rotatable bonds is 8. The van der Waals surface area contributed by atoms with Crippen LogP contribution in [0.1, 0.15) is 57.6 Å². The van der Waals surface area contributed by atoms with Crippen molar-refractivity contribution in [1.29, 1.82) is 0 Å². The van der Waals surface area contributed by atoms with Gasteiger partial charge in [0.25, 0.3) is 0 Å². The van der Waals surface area contributed by atoms with Crippen molar-refractivity contribution in [3.63, 3.8) is 0 Å². The van der Waals surface area contributed by atoms with Gasteiger partial charge in [-0.1, -0.05) is 47.5 Å². The van der Waals surface area contributed by atoms with Gasteiger partial charge in [-0.2, -0.15) is 0 Å². The predicted molar refractivity (Wildman–Crippen MR) is 138 cm³/mol. The van der Waals surface area contributed by atoms with Gasteiger partial charge in [0.15, 0.2) is 0 Å². The number of carboxylic acids is 1. The summed E-state index contributed by atoms with van der Waals surface area (Å²) in [6.07, 6.45) is 0.397. The van der Waals surface area contributed by atoms with E-state index in [1.165, 1.54) is 6.07 Å². The average Bonchev–Trinajstić information content (AvgIpc) is 2.83. The van der Waals surface area contributed by atoms with Gasteiger partial charge in [-0.05, 0) is 79.4 Å². The number of carbonyl (C=O) groups is 1. The summed E-state index contributed by atoms with van der Waals surface area (Å²) in [6.45, 7) is 2.80. The molecule has 5 nitrogen and oxygen atoms in total. The Morgan fingerprint density at radius 2 is 1.86 bits per heavy atom. The largest absolute Gasteiger partial charge is 0.478 e. The zero-order chi connectivity index (χ0) is 25.8. The Morgan fingerprint density at radius 1 is 1.14 bits per heavy atom. The van der Waals surface area contributed by atoms with Crippen molar-refractivity contribution < 1.29 is 24.1 Å². The maximum Gasteiger partial charge on any atom is 0.335 e. The lowest BCUT2D eigenvalue weighted by Crippen LogP contribution is -2.43. The Hall–Kier alpha value is -2.48. The van der Waals surface area contributed by atoms with Crippen molar-refractivity contribution >= 4 is 29.2 Å². The number of aliphatic hydroxyl groups is 1. The Bertz CT molecular complexity index is 1220. The lowest BCUT2D eigenvalue weighted by atomic mass is 9.90. The molecular formula is C28H28Cl2FNO4. The number of piperidine rings is 1. The molecule has 1 saturated heterocycles. The Labute approximate surface area is 220 Å². The van der Waals surface area contributed by atoms with Gasteiger partial charge in [-0.15, -0.1) is 0 Å². The van der Waals surface area contributed by atoms with Crippen LogP contribution in [0.4, 0.5) is 4.39 Å². The van der Waals surface area contributed by atoms with E-state index in [1.54, 1.807) is 48.5 Å². The number of aromatic carboxylic acids is 1. The number of aliphatic hydroxyl groups excluding tert-OH is 1. The van der Waals surface area contributed by atoms with E-state index in [9.17, 15) is 15.0 Å². The fraction of sp³-hybridized carbons (Fsp3) is 0.321. The van der Waals surface area contributed by atoms with Gasteiger partial charge < -0.3 is 14.9 Å². The fourth-order valence-electron chi connectivity index (χ4n) is 4.88. The standard InChI is InChI=1S/C28H28Cl2FNO4/c1-17-11-18(28(34)35)8-9-19(17)15-32-10-4-7-25(27(32)23-5-2-3-6-24(23)31)36-26(16-33)20-12-21(29)14-22(30)13-20/h2-3,5-6,8-9,11-14,25-27,33H,4,7,10,15-16H2,1H3,(H,34,35)/t25-,26+,27-/m0/s1. The lowest BCUT2D eigenvalue weighted by molar-refractivity contribution is -0.101. The van der Waals surface area contributed by atoms with Gasteiger partial charge in [-0.25, -0.2) is 9.18 Å². The summed E-state index contributed by atoms with van der Waals surface area (Å²) in [5.74, 6) is -1.30. The molecule has 0 radical (unpaired) electrons. The van der Waals surface area contributed by atoms with Gasteiger partial charge in [0.05, 0.1) is 24.3 Å². The van der Waals surface area contributed by atoms with E-state index < -0.39 is 24.2 Å². The lowest BCUT2D eigenvalue weighted by Gasteiger charge is -2.43. The molecule has 3 aromatic rings. The quantitative estimate of drug-likeness (QED) is 0.342. The van der Waals surface area contributed by atoms with E-state index in [2.05, 4.69) is 4.90 Å². The molecule has 8 heteroatoms. The first kappa shape index (κ1) is 26.6. The van der Waals surface area contributed by atoms with Crippen LogP contribution in [-0.2, 0) is 11.3 Å². The number of hydrogen-bond acceptors (Lipinski definition) is 4. The molecule has 2 N–H and O–H groups in total. The van der Waals surface area contributed by atoms with E-state index in [0.29, 0.717) is 40.7 Å². The van der Waals surface area contributed by atoms with Gasteiger partial charge in [0.2, 0.25) is 0 Å². The van der Waals surface area contributed by atoms with E-state index in [0.717, 1.165) is 17.5 Å². The minimum Gasteiger partial charge on any atom is -0.478 e. The van der Waals surface area contributed by atoms with Crippen molar-refractivity contribution in [2.45, 2.75) is 44.6 Å². The van der Waals surface area contributed by atoms with Crippen LogP contribution in [0.15, 0.2) is 60.7 Å². The van der Waals surface area contributed by atoms with Crippen LogP contribution in [0, 0.1) is 12.7 Å². The summed E-state index contributed by atoms with van der Waals surface area (Å²) in [6, 6.07) is 16.3. The molecule has 3 aromatic carbocycles. The smallest absolute Gasteiger partial charge is 0.335 e. The summed E-state index contributed by atoms with van der Waals surface area (Å²) >= 11 is 12.4. The van der Waals surface area contributed by atoms with Gasteiger partial charge in [0.1, 0.15) is 11.9 Å². The maximum atomic E-state index is 15.1. The predicted octanol–water partition coefficient (Wildman–Crippen LogP) is 6.60. The van der Waals surface area contributed by atoms with Crippen LogP contribution in [0.2, 0.25) is 10.0 Å². The van der Waals surface area contributed by atoms with Crippen molar-refractivity contribution in [1.82, 2.24) is 4.90 Å². The average molecular weight is 532 g/mol. The molecule has 1 aliphatic rings. The van der Waals surface area contributed by atoms with Gasteiger partial charge in [0, 0.05) is 22.2 Å². The molecule has 36 heavy (non-hydrogen) atoms. The van der Waals surface area contributed by atoms with Crippen LogP contribution in [-0.4, -0.2) is 40.3 Å². The zero-order valence-corrected chi connectivity index (χ0v) is 21.3. The molecule has 1 fully saturated rings. The Balaban J connectivity index is 1.67.